The Morgan fingerprint density at radius 2 is 2.28 bits per heavy atom. The zero-order valence-electron chi connectivity index (χ0n) is 11.1. The van der Waals surface area contributed by atoms with E-state index in [1.807, 2.05) is 7.05 Å². The van der Waals surface area contributed by atoms with Crippen LogP contribution in [0.4, 0.5) is 4.39 Å². The van der Waals surface area contributed by atoms with E-state index < -0.39 is 0 Å². The van der Waals surface area contributed by atoms with Gasteiger partial charge in [-0.3, -0.25) is 0 Å². The summed E-state index contributed by atoms with van der Waals surface area (Å²) in [7, 11) is 3.37. The molecule has 3 unspecified atom stereocenters. The van der Waals surface area contributed by atoms with Crippen molar-refractivity contribution >= 4 is 0 Å². The highest BCUT2D eigenvalue weighted by atomic mass is 19.1. The maximum atomic E-state index is 14.1. The summed E-state index contributed by atoms with van der Waals surface area (Å²) in [6, 6.07) is 4.85. The highest BCUT2D eigenvalue weighted by Crippen LogP contribution is 2.33. The van der Waals surface area contributed by atoms with Crippen LogP contribution in [0.5, 0.6) is 5.75 Å². The van der Waals surface area contributed by atoms with Crippen LogP contribution in [0.15, 0.2) is 18.2 Å². The van der Waals surface area contributed by atoms with Gasteiger partial charge in [-0.25, -0.2) is 4.39 Å². The van der Waals surface area contributed by atoms with Crippen molar-refractivity contribution in [2.24, 2.45) is 5.92 Å². The van der Waals surface area contributed by atoms with Crippen LogP contribution in [0.2, 0.25) is 0 Å². The predicted molar refractivity (Wildman–Crippen MR) is 68.3 cm³/mol. The molecule has 1 aliphatic heterocycles. The third-order valence-electron chi connectivity index (χ3n) is 3.63. The standard InChI is InChI=1S/C14H20FNO2/c1-9-6-7-18-14(9)13(16-2)11-5-4-10(17-3)8-12(11)15/h4-5,8-9,13-14,16H,6-7H2,1-3H3. The van der Waals surface area contributed by atoms with Crippen molar-refractivity contribution in [3.8, 4) is 5.75 Å². The van der Waals surface area contributed by atoms with Gasteiger partial charge in [0.1, 0.15) is 11.6 Å². The van der Waals surface area contributed by atoms with E-state index >= 15 is 0 Å². The molecular weight excluding hydrogens is 233 g/mol. The smallest absolute Gasteiger partial charge is 0.131 e. The average Bonchev–Trinajstić information content (AvgIpc) is 2.78. The number of benzene rings is 1. The molecule has 2 rings (SSSR count). The lowest BCUT2D eigenvalue weighted by molar-refractivity contribution is 0.0620. The third kappa shape index (κ3) is 2.49. The number of methoxy groups -OCH3 is 1. The Hall–Kier alpha value is -1.13. The van der Waals surface area contributed by atoms with Crippen LogP contribution >= 0.6 is 0 Å². The van der Waals surface area contributed by atoms with E-state index in [1.54, 1.807) is 12.1 Å². The highest BCUT2D eigenvalue weighted by Gasteiger charge is 2.33. The first-order valence-corrected chi connectivity index (χ1v) is 6.29. The molecule has 3 atom stereocenters. The van der Waals surface area contributed by atoms with Gasteiger partial charge >= 0.3 is 0 Å². The second kappa shape index (κ2) is 5.67. The molecule has 0 saturated carbocycles. The van der Waals surface area contributed by atoms with Gasteiger partial charge in [0.2, 0.25) is 0 Å². The van der Waals surface area contributed by atoms with Crippen LogP contribution < -0.4 is 10.1 Å². The Labute approximate surface area is 107 Å². The summed E-state index contributed by atoms with van der Waals surface area (Å²) in [4.78, 5) is 0. The number of hydrogen-bond donors (Lipinski definition) is 1. The number of rotatable bonds is 4. The second-order valence-electron chi connectivity index (χ2n) is 4.76. The lowest BCUT2D eigenvalue weighted by Gasteiger charge is -2.26. The molecule has 3 nitrogen and oxygen atoms in total. The van der Waals surface area contributed by atoms with Crippen molar-refractivity contribution in [3.63, 3.8) is 0 Å². The van der Waals surface area contributed by atoms with Crippen LogP contribution in [-0.4, -0.2) is 26.9 Å². The van der Waals surface area contributed by atoms with Crippen LogP contribution in [0.1, 0.15) is 24.9 Å². The molecule has 100 valence electrons. The Bertz CT molecular complexity index is 411. The van der Waals surface area contributed by atoms with E-state index in [-0.39, 0.29) is 18.0 Å². The van der Waals surface area contributed by atoms with Gasteiger partial charge < -0.3 is 14.8 Å². The molecule has 0 aromatic heterocycles. The van der Waals surface area contributed by atoms with Gasteiger partial charge in [0.15, 0.2) is 0 Å². The molecule has 1 heterocycles. The molecule has 1 aromatic carbocycles. The molecule has 18 heavy (non-hydrogen) atoms. The fourth-order valence-electron chi connectivity index (χ4n) is 2.53. The summed E-state index contributed by atoms with van der Waals surface area (Å²) in [5.74, 6) is 0.715. The van der Waals surface area contributed by atoms with E-state index in [9.17, 15) is 4.39 Å². The SMILES string of the molecule is CNC(c1ccc(OC)cc1F)C1OCCC1C. The third-order valence-corrected chi connectivity index (χ3v) is 3.63. The molecule has 4 heteroatoms. The monoisotopic (exact) mass is 253 g/mol. The molecule has 0 aliphatic carbocycles. The predicted octanol–water partition coefficient (Wildman–Crippen LogP) is 2.52. The fraction of sp³-hybridized carbons (Fsp3) is 0.571. The van der Waals surface area contributed by atoms with Crippen molar-refractivity contribution in [1.29, 1.82) is 0 Å². The summed E-state index contributed by atoms with van der Waals surface area (Å²) < 4.78 is 24.8. The molecule has 1 aliphatic rings. The Morgan fingerprint density at radius 3 is 2.78 bits per heavy atom. The molecule has 1 fully saturated rings. The molecule has 0 amide bonds. The number of halogens is 1. The maximum Gasteiger partial charge on any atom is 0.131 e. The Balaban J connectivity index is 2.27. The second-order valence-corrected chi connectivity index (χ2v) is 4.76. The van der Waals surface area contributed by atoms with Crippen molar-refractivity contribution in [3.05, 3.63) is 29.6 Å². The first-order chi connectivity index (χ1) is 8.67. The van der Waals surface area contributed by atoms with Crippen LogP contribution in [-0.2, 0) is 4.74 Å². The molecule has 1 saturated heterocycles. The number of nitrogens with one attached hydrogen (secondary N) is 1. The van der Waals surface area contributed by atoms with Gasteiger partial charge in [0, 0.05) is 18.2 Å². The molecule has 1 aromatic rings. The lowest BCUT2D eigenvalue weighted by Crippen LogP contribution is -2.33. The summed E-state index contributed by atoms with van der Waals surface area (Å²) in [5.41, 5.74) is 0.636. The quantitative estimate of drug-likeness (QED) is 0.894. The molecule has 0 spiro atoms. The van der Waals surface area contributed by atoms with Gasteiger partial charge in [-0.15, -0.1) is 0 Å². The highest BCUT2D eigenvalue weighted by molar-refractivity contribution is 5.31. The van der Waals surface area contributed by atoms with E-state index in [2.05, 4.69) is 12.2 Å². The van der Waals surface area contributed by atoms with Gasteiger partial charge in [0.25, 0.3) is 0 Å². The zero-order valence-corrected chi connectivity index (χ0v) is 11.1. The van der Waals surface area contributed by atoms with Crippen LogP contribution in [0.25, 0.3) is 0 Å². The molecule has 0 radical (unpaired) electrons. The van der Waals surface area contributed by atoms with Gasteiger partial charge in [-0.05, 0) is 25.5 Å². The van der Waals surface area contributed by atoms with Gasteiger partial charge in [0.05, 0.1) is 19.3 Å². The summed E-state index contributed by atoms with van der Waals surface area (Å²) in [6.45, 7) is 2.89. The number of ether oxygens (including phenoxy) is 2. The topological polar surface area (TPSA) is 30.5 Å². The lowest BCUT2D eigenvalue weighted by atomic mass is 9.92. The zero-order chi connectivity index (χ0) is 13.1. The van der Waals surface area contributed by atoms with Crippen molar-refractivity contribution in [2.45, 2.75) is 25.5 Å². The first kappa shape index (κ1) is 13.3. The summed E-state index contributed by atoms with van der Waals surface area (Å²) >= 11 is 0. The van der Waals surface area contributed by atoms with Crippen LogP contribution in [0.3, 0.4) is 0 Å². The van der Waals surface area contributed by atoms with E-state index in [4.69, 9.17) is 9.47 Å². The normalized spacial score (nSPS) is 25.1. The number of likely N-dealkylation sites (N-methyl/N-ethyl adjacent to an activating group) is 1. The van der Waals surface area contributed by atoms with Crippen molar-refractivity contribution < 1.29 is 13.9 Å². The molecular formula is C14H20FNO2. The first-order valence-electron chi connectivity index (χ1n) is 6.29. The Kier molecular flexibility index (Phi) is 4.19. The summed E-state index contributed by atoms with van der Waals surface area (Å²) in [5, 5.41) is 3.16. The average molecular weight is 253 g/mol. The van der Waals surface area contributed by atoms with Crippen molar-refractivity contribution in [1.82, 2.24) is 5.32 Å². The van der Waals surface area contributed by atoms with Crippen LogP contribution in [0, 0.1) is 11.7 Å². The van der Waals surface area contributed by atoms with E-state index in [1.165, 1.54) is 13.2 Å². The minimum absolute atomic E-state index is 0.0258. The van der Waals surface area contributed by atoms with E-state index in [0.29, 0.717) is 17.2 Å². The number of hydrogen-bond acceptors (Lipinski definition) is 3. The largest absolute Gasteiger partial charge is 0.497 e. The van der Waals surface area contributed by atoms with Crippen molar-refractivity contribution in [2.75, 3.05) is 20.8 Å². The molecule has 1 N–H and O–H groups in total. The van der Waals surface area contributed by atoms with E-state index in [0.717, 1.165) is 13.0 Å². The molecule has 0 bridgehead atoms. The van der Waals surface area contributed by atoms with Gasteiger partial charge in [-0.2, -0.15) is 0 Å². The minimum atomic E-state index is -0.253. The fourth-order valence-corrected chi connectivity index (χ4v) is 2.53. The Morgan fingerprint density at radius 1 is 1.50 bits per heavy atom. The minimum Gasteiger partial charge on any atom is -0.497 e. The summed E-state index contributed by atoms with van der Waals surface area (Å²) in [6.07, 6.45) is 1.05. The van der Waals surface area contributed by atoms with Gasteiger partial charge in [-0.1, -0.05) is 13.0 Å². The maximum absolute atomic E-state index is 14.1.